The van der Waals surface area contributed by atoms with E-state index in [1.54, 1.807) is 0 Å². The van der Waals surface area contributed by atoms with Crippen LogP contribution in [0.5, 0.6) is 0 Å². The van der Waals surface area contributed by atoms with E-state index in [0.29, 0.717) is 0 Å². The molecule has 1 aliphatic carbocycles. The van der Waals surface area contributed by atoms with E-state index in [2.05, 4.69) is 25.7 Å². The molecule has 1 aliphatic rings. The van der Waals surface area contributed by atoms with Gasteiger partial charge >= 0.3 is 6.18 Å². The van der Waals surface area contributed by atoms with Gasteiger partial charge in [0.15, 0.2) is 5.82 Å². The van der Waals surface area contributed by atoms with E-state index >= 15 is 0 Å². The van der Waals surface area contributed by atoms with Crippen LogP contribution in [0.1, 0.15) is 25.3 Å². The topological polar surface area (TPSA) is 84.7 Å². The molecular formula is C14H15F3N6O. The molecule has 0 spiro atoms. The number of nitrogens with zero attached hydrogens (tertiary/aromatic N) is 4. The highest BCUT2D eigenvalue weighted by molar-refractivity contribution is 5.55. The van der Waals surface area contributed by atoms with Gasteiger partial charge in [0.25, 0.3) is 5.56 Å². The van der Waals surface area contributed by atoms with Crippen molar-refractivity contribution in [1.29, 1.82) is 0 Å². The van der Waals surface area contributed by atoms with E-state index < -0.39 is 11.7 Å². The minimum absolute atomic E-state index is 0.0408. The van der Waals surface area contributed by atoms with Crippen molar-refractivity contribution in [2.75, 3.05) is 10.6 Å². The van der Waals surface area contributed by atoms with Gasteiger partial charge in [-0.1, -0.05) is 0 Å². The van der Waals surface area contributed by atoms with Gasteiger partial charge in [0.05, 0.1) is 0 Å². The molecule has 1 fully saturated rings. The highest BCUT2D eigenvalue weighted by atomic mass is 19.4. The molecule has 0 amide bonds. The summed E-state index contributed by atoms with van der Waals surface area (Å²) in [5.41, 5.74) is -1.60. The SMILES string of the molecule is Cn1nc(Nc2ncc(C(F)(F)F)c(NC3(C)CC3)n2)ccc1=O. The van der Waals surface area contributed by atoms with Gasteiger partial charge in [0.1, 0.15) is 11.4 Å². The van der Waals surface area contributed by atoms with Gasteiger partial charge in [-0.2, -0.15) is 23.3 Å². The number of aryl methyl sites for hydroxylation is 1. The first-order valence-electron chi connectivity index (χ1n) is 7.20. The Bertz CT molecular complexity index is 828. The highest BCUT2D eigenvalue weighted by Gasteiger charge is 2.41. The number of hydrogen-bond acceptors (Lipinski definition) is 6. The Morgan fingerprint density at radius 2 is 2.00 bits per heavy atom. The van der Waals surface area contributed by atoms with E-state index in [9.17, 15) is 18.0 Å². The maximum atomic E-state index is 13.1. The lowest BCUT2D eigenvalue weighted by Gasteiger charge is -2.18. The zero-order valence-corrected chi connectivity index (χ0v) is 13.0. The molecule has 2 N–H and O–H groups in total. The fourth-order valence-corrected chi connectivity index (χ4v) is 2.03. The average Bonchev–Trinajstić information content (AvgIpc) is 3.19. The van der Waals surface area contributed by atoms with Crippen LogP contribution in [0.2, 0.25) is 0 Å². The molecule has 0 atom stereocenters. The van der Waals surface area contributed by atoms with E-state index in [1.807, 2.05) is 6.92 Å². The fraction of sp³-hybridized carbons (Fsp3) is 0.429. The number of rotatable bonds is 4. The minimum atomic E-state index is -4.55. The maximum absolute atomic E-state index is 13.1. The van der Waals surface area contributed by atoms with Crippen LogP contribution in [0.4, 0.5) is 30.8 Å². The van der Waals surface area contributed by atoms with Crippen molar-refractivity contribution in [2.24, 2.45) is 7.05 Å². The molecule has 24 heavy (non-hydrogen) atoms. The highest BCUT2D eigenvalue weighted by Crippen LogP contribution is 2.41. The van der Waals surface area contributed by atoms with Crippen LogP contribution in [0.3, 0.4) is 0 Å². The Balaban J connectivity index is 1.92. The predicted molar refractivity (Wildman–Crippen MR) is 81.1 cm³/mol. The Morgan fingerprint density at radius 3 is 2.58 bits per heavy atom. The van der Waals surface area contributed by atoms with Crippen LogP contribution in [-0.4, -0.2) is 25.3 Å². The summed E-state index contributed by atoms with van der Waals surface area (Å²) in [4.78, 5) is 18.9. The zero-order chi connectivity index (χ0) is 17.5. The summed E-state index contributed by atoms with van der Waals surface area (Å²) in [7, 11) is 1.46. The summed E-state index contributed by atoms with van der Waals surface area (Å²) in [5.74, 6) is -0.0637. The van der Waals surface area contributed by atoms with Gasteiger partial charge in [-0.3, -0.25) is 4.79 Å². The number of alkyl halides is 3. The van der Waals surface area contributed by atoms with Crippen molar-refractivity contribution >= 4 is 17.6 Å². The van der Waals surface area contributed by atoms with Crippen molar-refractivity contribution in [3.05, 3.63) is 34.2 Å². The number of aromatic nitrogens is 4. The lowest BCUT2D eigenvalue weighted by atomic mass is 10.2. The molecule has 0 saturated heterocycles. The first-order valence-corrected chi connectivity index (χ1v) is 7.20. The second kappa shape index (κ2) is 5.46. The molecule has 10 heteroatoms. The van der Waals surface area contributed by atoms with E-state index in [0.717, 1.165) is 23.7 Å². The van der Waals surface area contributed by atoms with Gasteiger partial charge in [-0.15, -0.1) is 0 Å². The molecule has 0 aromatic carbocycles. The lowest BCUT2D eigenvalue weighted by molar-refractivity contribution is -0.137. The Labute approximate surface area is 134 Å². The average molecular weight is 340 g/mol. The first-order chi connectivity index (χ1) is 11.2. The Kier molecular flexibility index (Phi) is 3.69. The van der Waals surface area contributed by atoms with Gasteiger partial charge in [-0.05, 0) is 25.8 Å². The van der Waals surface area contributed by atoms with E-state index in [-0.39, 0.29) is 28.7 Å². The number of hydrogen-bond donors (Lipinski definition) is 2. The third kappa shape index (κ3) is 3.47. The molecule has 7 nitrogen and oxygen atoms in total. The summed E-state index contributed by atoms with van der Waals surface area (Å²) in [6, 6.07) is 2.68. The van der Waals surface area contributed by atoms with Gasteiger partial charge in [0.2, 0.25) is 5.95 Å². The Morgan fingerprint density at radius 1 is 1.29 bits per heavy atom. The molecule has 0 bridgehead atoms. The van der Waals surface area contributed by atoms with Crippen molar-refractivity contribution in [1.82, 2.24) is 19.7 Å². The molecule has 128 valence electrons. The molecule has 3 rings (SSSR count). The monoisotopic (exact) mass is 340 g/mol. The summed E-state index contributed by atoms with van der Waals surface area (Å²) >= 11 is 0. The van der Waals surface area contributed by atoms with Gasteiger partial charge < -0.3 is 10.6 Å². The Hall–Kier alpha value is -2.65. The van der Waals surface area contributed by atoms with Crippen LogP contribution in [0.25, 0.3) is 0 Å². The van der Waals surface area contributed by atoms with Crippen LogP contribution < -0.4 is 16.2 Å². The number of halogens is 3. The second-order valence-corrected chi connectivity index (χ2v) is 5.94. The third-order valence-electron chi connectivity index (χ3n) is 3.71. The third-order valence-corrected chi connectivity index (χ3v) is 3.71. The second-order valence-electron chi connectivity index (χ2n) is 5.94. The number of nitrogens with one attached hydrogen (secondary N) is 2. The number of anilines is 3. The molecule has 0 unspecified atom stereocenters. The van der Waals surface area contributed by atoms with Crippen molar-refractivity contribution < 1.29 is 13.2 Å². The fourth-order valence-electron chi connectivity index (χ4n) is 2.03. The summed E-state index contributed by atoms with van der Waals surface area (Å²) in [6.45, 7) is 1.83. The zero-order valence-electron chi connectivity index (χ0n) is 13.0. The van der Waals surface area contributed by atoms with Gasteiger partial charge in [-0.25, -0.2) is 9.67 Å². The smallest absolute Gasteiger partial charge is 0.364 e. The lowest BCUT2D eigenvalue weighted by Crippen LogP contribution is -2.22. The van der Waals surface area contributed by atoms with Gasteiger partial charge in [0, 0.05) is 24.8 Å². The first kappa shape index (κ1) is 16.2. The van der Waals surface area contributed by atoms with E-state index in [4.69, 9.17) is 0 Å². The van der Waals surface area contributed by atoms with E-state index in [1.165, 1.54) is 19.2 Å². The maximum Gasteiger partial charge on any atom is 0.421 e. The molecular weight excluding hydrogens is 325 g/mol. The molecule has 1 saturated carbocycles. The molecule has 2 aromatic heterocycles. The van der Waals surface area contributed by atoms with Crippen LogP contribution in [0.15, 0.2) is 23.1 Å². The summed E-state index contributed by atoms with van der Waals surface area (Å²) < 4.78 is 40.4. The van der Waals surface area contributed by atoms with Crippen LogP contribution in [0, 0.1) is 0 Å². The van der Waals surface area contributed by atoms with Crippen molar-refractivity contribution in [3.63, 3.8) is 0 Å². The van der Waals surface area contributed by atoms with Crippen LogP contribution >= 0.6 is 0 Å². The molecule has 2 heterocycles. The largest absolute Gasteiger partial charge is 0.421 e. The quantitative estimate of drug-likeness (QED) is 0.888. The van der Waals surface area contributed by atoms with Crippen LogP contribution in [-0.2, 0) is 13.2 Å². The van der Waals surface area contributed by atoms with Crippen molar-refractivity contribution in [2.45, 2.75) is 31.5 Å². The summed E-state index contributed by atoms with van der Waals surface area (Å²) in [6.07, 6.45) is -2.27. The standard InChI is InChI=1S/C14H15F3N6O/c1-13(5-6-13)21-11-8(14(15,16)17)7-18-12(20-11)19-9-3-4-10(24)23(2)22-9/h3-4,7H,5-6H2,1-2H3,(H2,18,19,20,21,22). The van der Waals surface area contributed by atoms with Crippen molar-refractivity contribution in [3.8, 4) is 0 Å². The predicted octanol–water partition coefficient (Wildman–Crippen LogP) is 2.30. The minimum Gasteiger partial charge on any atom is -0.364 e. The molecule has 0 radical (unpaired) electrons. The normalized spacial score (nSPS) is 15.9. The summed E-state index contributed by atoms with van der Waals surface area (Å²) in [5, 5.41) is 9.45. The molecule has 0 aliphatic heterocycles. The molecule has 2 aromatic rings.